The zero-order valence-electron chi connectivity index (χ0n) is 11.9. The Morgan fingerprint density at radius 2 is 1.82 bits per heavy atom. The topological polar surface area (TPSA) is 57.6 Å². The summed E-state index contributed by atoms with van der Waals surface area (Å²) >= 11 is 0.447. The fourth-order valence-electron chi connectivity index (χ4n) is 2.55. The Kier molecular flexibility index (Phi) is 5.76. The first-order chi connectivity index (χ1) is 10.5. The Labute approximate surface area is 131 Å². The molecule has 1 aliphatic rings. The van der Waals surface area contributed by atoms with Gasteiger partial charge >= 0.3 is 5.97 Å². The van der Waals surface area contributed by atoms with E-state index in [1.165, 1.54) is 12.1 Å². The number of hydrogen-bond acceptors (Lipinski definition) is 3. The summed E-state index contributed by atoms with van der Waals surface area (Å²) in [6, 6.07) is 6.13. The van der Waals surface area contributed by atoms with E-state index in [1.807, 2.05) is 0 Å². The first-order valence-electron chi connectivity index (χ1n) is 7.01. The number of halogens is 2. The van der Waals surface area contributed by atoms with E-state index in [1.54, 1.807) is 17.0 Å². The van der Waals surface area contributed by atoms with Gasteiger partial charge in [0.05, 0.1) is 0 Å². The lowest BCUT2D eigenvalue weighted by Crippen LogP contribution is -2.38. The summed E-state index contributed by atoms with van der Waals surface area (Å²) < 4.78 is 24.5. The molecule has 120 valence electrons. The van der Waals surface area contributed by atoms with Crippen LogP contribution in [0.3, 0.4) is 0 Å². The molecule has 7 heteroatoms. The van der Waals surface area contributed by atoms with Gasteiger partial charge in [0.15, 0.2) is 0 Å². The number of hydrogen-bond donors (Lipinski definition) is 1. The van der Waals surface area contributed by atoms with Crippen molar-refractivity contribution >= 4 is 23.6 Å². The standard InChI is InChI=1S/C15H17F2NO3S/c16-15(17)22-12-3-1-11(2-4-12)14(21)18-7-5-10(6-8-18)9-13(19)20/h1-4,10,15H,5-9H2,(H,19,20). The van der Waals surface area contributed by atoms with Gasteiger partial charge in [0, 0.05) is 30.0 Å². The second-order valence-corrected chi connectivity index (χ2v) is 6.30. The lowest BCUT2D eigenvalue weighted by atomic mass is 9.93. The van der Waals surface area contributed by atoms with Crippen LogP contribution in [0.15, 0.2) is 29.2 Å². The normalized spacial score (nSPS) is 16.0. The third kappa shape index (κ3) is 4.69. The van der Waals surface area contributed by atoms with Crippen molar-refractivity contribution < 1.29 is 23.5 Å². The number of nitrogens with zero attached hydrogens (tertiary/aromatic N) is 1. The lowest BCUT2D eigenvalue weighted by molar-refractivity contribution is -0.138. The van der Waals surface area contributed by atoms with Crippen LogP contribution in [0.5, 0.6) is 0 Å². The zero-order chi connectivity index (χ0) is 16.1. The Bertz CT molecular complexity index is 528. The van der Waals surface area contributed by atoms with Crippen molar-refractivity contribution in [3.05, 3.63) is 29.8 Å². The molecule has 22 heavy (non-hydrogen) atoms. The Hall–Kier alpha value is -1.63. The van der Waals surface area contributed by atoms with E-state index in [9.17, 15) is 18.4 Å². The minimum Gasteiger partial charge on any atom is -0.481 e. The van der Waals surface area contributed by atoms with Crippen molar-refractivity contribution in [2.75, 3.05) is 13.1 Å². The molecular weight excluding hydrogens is 312 g/mol. The molecule has 4 nitrogen and oxygen atoms in total. The van der Waals surface area contributed by atoms with E-state index in [4.69, 9.17) is 5.11 Å². The number of amides is 1. The van der Waals surface area contributed by atoms with E-state index in [-0.39, 0.29) is 18.2 Å². The highest BCUT2D eigenvalue weighted by atomic mass is 32.2. The van der Waals surface area contributed by atoms with Crippen LogP contribution in [0, 0.1) is 5.92 Å². The van der Waals surface area contributed by atoms with E-state index < -0.39 is 11.7 Å². The number of piperidine rings is 1. The highest BCUT2D eigenvalue weighted by molar-refractivity contribution is 7.99. The van der Waals surface area contributed by atoms with Crippen LogP contribution in [-0.4, -0.2) is 40.7 Å². The number of carbonyl (C=O) groups excluding carboxylic acids is 1. The highest BCUT2D eigenvalue weighted by Crippen LogP contribution is 2.26. The van der Waals surface area contributed by atoms with Gasteiger partial charge in [-0.2, -0.15) is 8.78 Å². The highest BCUT2D eigenvalue weighted by Gasteiger charge is 2.25. The summed E-state index contributed by atoms with van der Waals surface area (Å²) in [6.45, 7) is 1.06. The van der Waals surface area contributed by atoms with Gasteiger partial charge in [0.2, 0.25) is 0 Å². The minimum absolute atomic E-state index is 0.117. The predicted molar refractivity (Wildman–Crippen MR) is 79.2 cm³/mol. The molecule has 0 spiro atoms. The molecule has 1 N–H and O–H groups in total. The minimum atomic E-state index is -2.48. The van der Waals surface area contributed by atoms with Gasteiger partial charge in [-0.25, -0.2) is 0 Å². The third-order valence-electron chi connectivity index (χ3n) is 3.69. The van der Waals surface area contributed by atoms with Gasteiger partial charge in [-0.05, 0) is 43.0 Å². The predicted octanol–water partition coefficient (Wildman–Crippen LogP) is 3.33. The number of likely N-dealkylation sites (tertiary alicyclic amines) is 1. The third-order valence-corrected chi connectivity index (χ3v) is 4.41. The summed E-state index contributed by atoms with van der Waals surface area (Å²) in [7, 11) is 0. The molecule has 2 rings (SSSR count). The van der Waals surface area contributed by atoms with Crippen LogP contribution in [0.1, 0.15) is 29.6 Å². The molecule has 1 aromatic carbocycles. The molecular formula is C15H17F2NO3S. The first kappa shape index (κ1) is 16.7. The molecule has 0 aromatic heterocycles. The molecule has 0 bridgehead atoms. The number of alkyl halides is 2. The Balaban J connectivity index is 1.91. The SMILES string of the molecule is O=C(O)CC1CCN(C(=O)c2ccc(SC(F)F)cc2)CC1. The Morgan fingerprint density at radius 1 is 1.23 bits per heavy atom. The molecule has 0 aliphatic carbocycles. The lowest BCUT2D eigenvalue weighted by Gasteiger charge is -2.31. The number of carboxylic acid groups (broad SMARTS) is 1. The molecule has 1 aromatic rings. The van der Waals surface area contributed by atoms with Crippen LogP contribution in [0.2, 0.25) is 0 Å². The van der Waals surface area contributed by atoms with Gasteiger partial charge in [0.1, 0.15) is 0 Å². The molecule has 0 unspecified atom stereocenters. The fourth-order valence-corrected chi connectivity index (χ4v) is 3.05. The van der Waals surface area contributed by atoms with Crippen molar-refractivity contribution in [3.63, 3.8) is 0 Å². The van der Waals surface area contributed by atoms with E-state index in [0.29, 0.717) is 48.2 Å². The monoisotopic (exact) mass is 329 g/mol. The number of benzene rings is 1. The molecule has 0 saturated carbocycles. The fraction of sp³-hybridized carbons (Fsp3) is 0.467. The smallest absolute Gasteiger partial charge is 0.303 e. The second-order valence-electron chi connectivity index (χ2n) is 5.24. The number of carbonyl (C=O) groups is 2. The van der Waals surface area contributed by atoms with Gasteiger partial charge < -0.3 is 10.0 Å². The van der Waals surface area contributed by atoms with Crippen molar-refractivity contribution in [1.29, 1.82) is 0 Å². The maximum absolute atomic E-state index is 12.3. The second kappa shape index (κ2) is 7.58. The van der Waals surface area contributed by atoms with Gasteiger partial charge in [0.25, 0.3) is 11.7 Å². The summed E-state index contributed by atoms with van der Waals surface area (Å²) in [6.07, 6.45) is 1.50. The number of thioether (sulfide) groups is 1. The average molecular weight is 329 g/mol. The van der Waals surface area contributed by atoms with E-state index in [2.05, 4.69) is 0 Å². The van der Waals surface area contributed by atoms with Crippen LogP contribution < -0.4 is 0 Å². The van der Waals surface area contributed by atoms with Crippen molar-refractivity contribution in [1.82, 2.24) is 4.90 Å². The summed E-state index contributed by atoms with van der Waals surface area (Å²) in [5.41, 5.74) is 0.468. The zero-order valence-corrected chi connectivity index (χ0v) is 12.7. The quantitative estimate of drug-likeness (QED) is 0.842. The van der Waals surface area contributed by atoms with Gasteiger partial charge in [-0.3, -0.25) is 9.59 Å². The number of aliphatic carboxylic acids is 1. The van der Waals surface area contributed by atoms with Gasteiger partial charge in [-0.15, -0.1) is 0 Å². The molecule has 0 atom stereocenters. The molecule has 1 aliphatic heterocycles. The number of carboxylic acids is 1. The van der Waals surface area contributed by atoms with Crippen LogP contribution >= 0.6 is 11.8 Å². The van der Waals surface area contributed by atoms with E-state index in [0.717, 1.165) is 0 Å². The largest absolute Gasteiger partial charge is 0.481 e. The molecule has 1 fully saturated rings. The van der Waals surface area contributed by atoms with Gasteiger partial charge in [-0.1, -0.05) is 11.8 Å². The number of rotatable bonds is 5. The summed E-state index contributed by atoms with van der Waals surface area (Å²) in [5, 5.41) is 8.77. The van der Waals surface area contributed by atoms with Crippen LogP contribution in [0.25, 0.3) is 0 Å². The Morgan fingerprint density at radius 3 is 2.32 bits per heavy atom. The first-order valence-corrected chi connectivity index (χ1v) is 7.89. The van der Waals surface area contributed by atoms with Crippen LogP contribution in [-0.2, 0) is 4.79 Å². The molecule has 1 heterocycles. The molecule has 1 saturated heterocycles. The molecule has 1 amide bonds. The van der Waals surface area contributed by atoms with Crippen molar-refractivity contribution in [2.24, 2.45) is 5.92 Å². The summed E-state index contributed by atoms with van der Waals surface area (Å²) in [4.78, 5) is 25.1. The average Bonchev–Trinajstić information content (AvgIpc) is 2.47. The van der Waals surface area contributed by atoms with Crippen LogP contribution in [0.4, 0.5) is 8.78 Å². The maximum atomic E-state index is 12.3. The van der Waals surface area contributed by atoms with Crippen molar-refractivity contribution in [3.8, 4) is 0 Å². The van der Waals surface area contributed by atoms with Crippen molar-refractivity contribution in [2.45, 2.75) is 29.9 Å². The molecule has 0 radical (unpaired) electrons. The summed E-state index contributed by atoms with van der Waals surface area (Å²) in [5.74, 6) is -3.31. The maximum Gasteiger partial charge on any atom is 0.303 e. The van der Waals surface area contributed by atoms with E-state index >= 15 is 0 Å².